The molecule has 3 nitrogen and oxygen atoms in total. The Morgan fingerprint density at radius 2 is 2.00 bits per heavy atom. The summed E-state index contributed by atoms with van der Waals surface area (Å²) in [6.07, 6.45) is 12.0. The van der Waals surface area contributed by atoms with E-state index in [4.69, 9.17) is 4.74 Å². The quantitative estimate of drug-likeness (QED) is 0.412. The molecule has 18 heavy (non-hydrogen) atoms. The topological polar surface area (TPSA) is 43.4 Å². The van der Waals surface area contributed by atoms with Crippen LogP contribution in [0.15, 0.2) is 24.3 Å². The molecule has 1 heterocycles. The van der Waals surface area contributed by atoms with Gasteiger partial charge in [-0.2, -0.15) is 0 Å². The second kappa shape index (κ2) is 7.85. The Labute approximate surface area is 109 Å². The molecule has 0 aromatic carbocycles. The molecular formula is C15H22O3. The van der Waals surface area contributed by atoms with Crippen LogP contribution in [0.4, 0.5) is 0 Å². The SMILES string of the molecule is CC/C=C/C=C/CC(CC)C1CCC(=O)OC1=O. The van der Waals surface area contributed by atoms with Crippen molar-refractivity contribution in [1.29, 1.82) is 0 Å². The monoisotopic (exact) mass is 250 g/mol. The number of carbonyl (C=O) groups excluding carboxylic acids is 2. The molecule has 0 radical (unpaired) electrons. The third-order valence-corrected chi connectivity index (χ3v) is 3.33. The molecule has 3 heteroatoms. The van der Waals surface area contributed by atoms with E-state index in [0.29, 0.717) is 12.8 Å². The Morgan fingerprint density at radius 3 is 2.61 bits per heavy atom. The van der Waals surface area contributed by atoms with Gasteiger partial charge in [-0.15, -0.1) is 0 Å². The first-order valence-electron chi connectivity index (χ1n) is 6.75. The van der Waals surface area contributed by atoms with Gasteiger partial charge < -0.3 is 4.74 Å². The summed E-state index contributed by atoms with van der Waals surface area (Å²) < 4.78 is 4.71. The lowest BCUT2D eigenvalue weighted by Gasteiger charge is -2.26. The van der Waals surface area contributed by atoms with E-state index in [9.17, 15) is 9.59 Å². The number of rotatable bonds is 6. The van der Waals surface area contributed by atoms with Gasteiger partial charge in [-0.3, -0.25) is 9.59 Å². The van der Waals surface area contributed by atoms with E-state index >= 15 is 0 Å². The zero-order valence-corrected chi connectivity index (χ0v) is 11.2. The Bertz CT molecular complexity index is 342. The fourth-order valence-corrected chi connectivity index (χ4v) is 2.22. The molecule has 0 aromatic heterocycles. The van der Waals surface area contributed by atoms with E-state index < -0.39 is 0 Å². The van der Waals surface area contributed by atoms with Gasteiger partial charge >= 0.3 is 11.9 Å². The Morgan fingerprint density at radius 1 is 1.28 bits per heavy atom. The molecule has 1 aliphatic heterocycles. The van der Waals surface area contributed by atoms with Gasteiger partial charge in [0.25, 0.3) is 0 Å². The number of hydrogen-bond acceptors (Lipinski definition) is 3. The summed E-state index contributed by atoms with van der Waals surface area (Å²) >= 11 is 0. The zero-order chi connectivity index (χ0) is 13.4. The predicted molar refractivity (Wildman–Crippen MR) is 70.8 cm³/mol. The van der Waals surface area contributed by atoms with Gasteiger partial charge in [0.1, 0.15) is 0 Å². The maximum atomic E-state index is 11.7. The van der Waals surface area contributed by atoms with Crippen LogP contribution in [0.3, 0.4) is 0 Å². The third-order valence-electron chi connectivity index (χ3n) is 3.33. The number of esters is 2. The van der Waals surface area contributed by atoms with Crippen molar-refractivity contribution in [3.8, 4) is 0 Å². The molecule has 0 amide bonds. The molecule has 1 saturated heterocycles. The van der Waals surface area contributed by atoms with Gasteiger partial charge in [0.2, 0.25) is 0 Å². The number of carbonyl (C=O) groups is 2. The maximum Gasteiger partial charge on any atom is 0.316 e. The third kappa shape index (κ3) is 4.47. The normalized spacial score (nSPS) is 22.7. The molecule has 1 aliphatic rings. The molecule has 0 aromatic rings. The van der Waals surface area contributed by atoms with Crippen molar-refractivity contribution in [3.05, 3.63) is 24.3 Å². The van der Waals surface area contributed by atoms with Crippen LogP contribution in [0.25, 0.3) is 0 Å². The van der Waals surface area contributed by atoms with E-state index in [2.05, 4.69) is 26.0 Å². The first-order valence-corrected chi connectivity index (χ1v) is 6.75. The van der Waals surface area contributed by atoms with Gasteiger partial charge in [-0.05, 0) is 25.2 Å². The predicted octanol–water partition coefficient (Wildman–Crippen LogP) is 3.40. The van der Waals surface area contributed by atoms with Crippen molar-refractivity contribution in [1.82, 2.24) is 0 Å². The minimum atomic E-state index is -0.382. The summed E-state index contributed by atoms with van der Waals surface area (Å²) in [4.78, 5) is 22.7. The molecule has 0 N–H and O–H groups in total. The highest BCUT2D eigenvalue weighted by Gasteiger charge is 2.33. The average molecular weight is 250 g/mol. The number of cyclic esters (lactones) is 2. The lowest BCUT2D eigenvalue weighted by atomic mass is 9.83. The Balaban J connectivity index is 2.50. The molecule has 1 rings (SSSR count). The van der Waals surface area contributed by atoms with Crippen LogP contribution in [0.5, 0.6) is 0 Å². The molecule has 1 fully saturated rings. The fraction of sp³-hybridized carbons (Fsp3) is 0.600. The van der Waals surface area contributed by atoms with Crippen molar-refractivity contribution < 1.29 is 14.3 Å². The molecule has 2 unspecified atom stereocenters. The zero-order valence-electron chi connectivity index (χ0n) is 11.2. The number of ether oxygens (including phenoxy) is 1. The van der Waals surface area contributed by atoms with E-state index in [-0.39, 0.29) is 23.8 Å². The van der Waals surface area contributed by atoms with Crippen molar-refractivity contribution in [2.24, 2.45) is 11.8 Å². The van der Waals surface area contributed by atoms with Crippen LogP contribution in [0.2, 0.25) is 0 Å². The van der Waals surface area contributed by atoms with Crippen LogP contribution >= 0.6 is 0 Å². The summed E-state index contributed by atoms with van der Waals surface area (Å²) in [5, 5.41) is 0. The van der Waals surface area contributed by atoms with Crippen LogP contribution in [-0.2, 0) is 14.3 Å². The summed E-state index contributed by atoms with van der Waals surface area (Å²) in [6, 6.07) is 0. The number of allylic oxidation sites excluding steroid dienone is 4. The molecular weight excluding hydrogens is 228 g/mol. The Hall–Kier alpha value is -1.38. The minimum Gasteiger partial charge on any atom is -0.393 e. The van der Waals surface area contributed by atoms with Crippen LogP contribution in [0.1, 0.15) is 46.0 Å². The molecule has 2 atom stereocenters. The first-order chi connectivity index (χ1) is 8.69. The standard InChI is InChI=1S/C15H22O3/c1-3-5-6-7-8-9-12(4-2)13-10-11-14(16)18-15(13)17/h5-8,12-13H,3-4,9-11H2,1-2H3/b6-5+,8-7+. The van der Waals surface area contributed by atoms with Crippen LogP contribution in [0, 0.1) is 11.8 Å². The maximum absolute atomic E-state index is 11.7. The van der Waals surface area contributed by atoms with Crippen molar-refractivity contribution >= 4 is 11.9 Å². The average Bonchev–Trinajstić information content (AvgIpc) is 2.35. The van der Waals surface area contributed by atoms with Gasteiger partial charge in [-0.25, -0.2) is 0 Å². The first kappa shape index (κ1) is 14.7. The lowest BCUT2D eigenvalue weighted by Crippen LogP contribution is -2.32. The summed E-state index contributed by atoms with van der Waals surface area (Å²) in [5.74, 6) is -0.562. The highest BCUT2D eigenvalue weighted by atomic mass is 16.6. The van der Waals surface area contributed by atoms with E-state index in [1.54, 1.807) is 0 Å². The summed E-state index contributed by atoms with van der Waals surface area (Å²) in [7, 11) is 0. The van der Waals surface area contributed by atoms with Gasteiger partial charge in [-0.1, -0.05) is 44.6 Å². The second-order valence-electron chi connectivity index (χ2n) is 4.61. The van der Waals surface area contributed by atoms with Crippen molar-refractivity contribution in [2.75, 3.05) is 0 Å². The molecule has 0 saturated carbocycles. The lowest BCUT2D eigenvalue weighted by molar-refractivity contribution is -0.169. The van der Waals surface area contributed by atoms with E-state index in [1.165, 1.54) is 0 Å². The smallest absolute Gasteiger partial charge is 0.316 e. The largest absolute Gasteiger partial charge is 0.393 e. The van der Waals surface area contributed by atoms with Crippen molar-refractivity contribution in [2.45, 2.75) is 46.0 Å². The van der Waals surface area contributed by atoms with E-state index in [1.807, 2.05) is 12.2 Å². The Kier molecular flexibility index (Phi) is 6.40. The second-order valence-corrected chi connectivity index (χ2v) is 4.61. The number of hydrogen-bond donors (Lipinski definition) is 0. The molecule has 0 spiro atoms. The van der Waals surface area contributed by atoms with E-state index in [0.717, 1.165) is 19.3 Å². The molecule has 100 valence electrons. The summed E-state index contributed by atoms with van der Waals surface area (Å²) in [5.41, 5.74) is 0. The van der Waals surface area contributed by atoms with Crippen LogP contribution in [-0.4, -0.2) is 11.9 Å². The van der Waals surface area contributed by atoms with Crippen LogP contribution < -0.4 is 0 Å². The van der Waals surface area contributed by atoms with Gasteiger partial charge in [0.15, 0.2) is 0 Å². The summed E-state index contributed by atoms with van der Waals surface area (Å²) in [6.45, 7) is 4.17. The molecule has 0 bridgehead atoms. The fourth-order valence-electron chi connectivity index (χ4n) is 2.22. The van der Waals surface area contributed by atoms with Gasteiger partial charge in [0, 0.05) is 6.42 Å². The highest BCUT2D eigenvalue weighted by molar-refractivity contribution is 5.89. The minimum absolute atomic E-state index is 0.118. The van der Waals surface area contributed by atoms with Crippen molar-refractivity contribution in [3.63, 3.8) is 0 Å². The molecule has 0 aliphatic carbocycles. The highest BCUT2D eigenvalue weighted by Crippen LogP contribution is 2.29. The van der Waals surface area contributed by atoms with Gasteiger partial charge in [0.05, 0.1) is 5.92 Å².